The molecule has 1 heterocycles. The lowest BCUT2D eigenvalue weighted by atomic mass is 10.0. The van der Waals surface area contributed by atoms with Gasteiger partial charge in [0.05, 0.1) is 5.56 Å². The van der Waals surface area contributed by atoms with Gasteiger partial charge in [-0.3, -0.25) is 4.79 Å². The fraction of sp³-hybridized carbons (Fsp3) is 0.533. The lowest BCUT2D eigenvalue weighted by Gasteiger charge is -2.32. The van der Waals surface area contributed by atoms with Crippen molar-refractivity contribution >= 4 is 11.6 Å². The molecule has 0 spiro atoms. The SMILES string of the molecule is CCNc1ccccc1C(=O)N1CCCC1(C)C. The third-order valence-corrected chi connectivity index (χ3v) is 3.67. The van der Waals surface area contributed by atoms with Crippen LogP contribution in [0.1, 0.15) is 44.0 Å². The number of hydrogen-bond acceptors (Lipinski definition) is 2. The van der Waals surface area contributed by atoms with Crippen molar-refractivity contribution in [3.8, 4) is 0 Å². The number of nitrogens with one attached hydrogen (secondary N) is 1. The molecule has 0 saturated carbocycles. The van der Waals surface area contributed by atoms with Gasteiger partial charge in [-0.1, -0.05) is 12.1 Å². The number of para-hydroxylation sites is 1. The zero-order chi connectivity index (χ0) is 13.2. The quantitative estimate of drug-likeness (QED) is 0.888. The molecule has 1 aromatic rings. The summed E-state index contributed by atoms with van der Waals surface area (Å²) in [6.45, 7) is 8.03. The minimum absolute atomic E-state index is 0.0175. The van der Waals surface area contributed by atoms with E-state index in [1.54, 1.807) is 0 Å². The first kappa shape index (κ1) is 12.9. The number of amides is 1. The molecule has 0 aliphatic carbocycles. The van der Waals surface area contributed by atoms with Gasteiger partial charge in [-0.2, -0.15) is 0 Å². The van der Waals surface area contributed by atoms with Crippen LogP contribution in [-0.2, 0) is 0 Å². The van der Waals surface area contributed by atoms with Gasteiger partial charge < -0.3 is 10.2 Å². The van der Waals surface area contributed by atoms with E-state index in [0.29, 0.717) is 0 Å². The van der Waals surface area contributed by atoms with Gasteiger partial charge in [0.1, 0.15) is 0 Å². The first-order valence-corrected chi connectivity index (χ1v) is 6.71. The Hall–Kier alpha value is -1.51. The van der Waals surface area contributed by atoms with Gasteiger partial charge in [0.25, 0.3) is 5.91 Å². The maximum atomic E-state index is 12.6. The summed E-state index contributed by atoms with van der Waals surface area (Å²) in [7, 11) is 0. The van der Waals surface area contributed by atoms with Crippen LogP contribution in [0, 0.1) is 0 Å². The molecule has 1 N–H and O–H groups in total. The highest BCUT2D eigenvalue weighted by atomic mass is 16.2. The molecule has 1 aliphatic rings. The molecule has 98 valence electrons. The van der Waals surface area contributed by atoms with Crippen LogP contribution < -0.4 is 5.32 Å². The third kappa shape index (κ3) is 2.35. The van der Waals surface area contributed by atoms with E-state index >= 15 is 0 Å². The van der Waals surface area contributed by atoms with Gasteiger partial charge in [-0.05, 0) is 45.7 Å². The second kappa shape index (κ2) is 5.01. The average Bonchev–Trinajstić information content (AvgIpc) is 2.69. The molecule has 1 aromatic carbocycles. The molecule has 1 saturated heterocycles. The fourth-order valence-electron chi connectivity index (χ4n) is 2.64. The van der Waals surface area contributed by atoms with Gasteiger partial charge in [0.2, 0.25) is 0 Å². The molecule has 0 radical (unpaired) electrons. The Bertz CT molecular complexity index is 440. The highest BCUT2D eigenvalue weighted by Crippen LogP contribution is 2.31. The molecule has 1 amide bonds. The Balaban J connectivity index is 2.28. The van der Waals surface area contributed by atoms with Gasteiger partial charge >= 0.3 is 0 Å². The fourth-order valence-corrected chi connectivity index (χ4v) is 2.64. The van der Waals surface area contributed by atoms with Crippen molar-refractivity contribution in [2.24, 2.45) is 0 Å². The predicted octanol–water partition coefficient (Wildman–Crippen LogP) is 3.13. The Morgan fingerprint density at radius 2 is 2.11 bits per heavy atom. The van der Waals surface area contributed by atoms with Gasteiger partial charge in [-0.15, -0.1) is 0 Å². The summed E-state index contributed by atoms with van der Waals surface area (Å²) in [6, 6.07) is 7.77. The van der Waals surface area contributed by atoms with E-state index in [2.05, 4.69) is 19.2 Å². The van der Waals surface area contributed by atoms with Gasteiger partial charge in [0, 0.05) is 24.3 Å². The van der Waals surface area contributed by atoms with Crippen molar-refractivity contribution in [1.82, 2.24) is 4.90 Å². The van der Waals surface area contributed by atoms with E-state index in [-0.39, 0.29) is 11.4 Å². The van der Waals surface area contributed by atoms with E-state index in [1.165, 1.54) is 0 Å². The molecular weight excluding hydrogens is 224 g/mol. The molecular formula is C15H22N2O. The number of rotatable bonds is 3. The Morgan fingerprint density at radius 3 is 2.72 bits per heavy atom. The van der Waals surface area contributed by atoms with Crippen LogP contribution in [0.2, 0.25) is 0 Å². The summed E-state index contributed by atoms with van der Waals surface area (Å²) >= 11 is 0. The van der Waals surface area contributed by atoms with Crippen molar-refractivity contribution in [3.63, 3.8) is 0 Å². The van der Waals surface area contributed by atoms with Crippen molar-refractivity contribution in [2.75, 3.05) is 18.4 Å². The monoisotopic (exact) mass is 246 g/mol. The Morgan fingerprint density at radius 1 is 1.39 bits per heavy atom. The molecule has 3 nitrogen and oxygen atoms in total. The molecule has 1 aliphatic heterocycles. The summed E-state index contributed by atoms with van der Waals surface area (Å²) in [4.78, 5) is 14.6. The van der Waals surface area contributed by atoms with Crippen LogP contribution in [0.5, 0.6) is 0 Å². The largest absolute Gasteiger partial charge is 0.385 e. The number of hydrogen-bond donors (Lipinski definition) is 1. The smallest absolute Gasteiger partial charge is 0.256 e. The maximum Gasteiger partial charge on any atom is 0.256 e. The third-order valence-electron chi connectivity index (χ3n) is 3.67. The van der Waals surface area contributed by atoms with E-state index in [9.17, 15) is 4.79 Å². The number of anilines is 1. The van der Waals surface area contributed by atoms with Crippen LogP contribution in [0.15, 0.2) is 24.3 Å². The van der Waals surface area contributed by atoms with Crippen LogP contribution in [0.4, 0.5) is 5.69 Å². The number of nitrogens with zero attached hydrogens (tertiary/aromatic N) is 1. The standard InChI is InChI=1S/C15H22N2O/c1-4-16-13-9-6-5-8-12(13)14(18)17-11-7-10-15(17,2)3/h5-6,8-9,16H,4,7,10-11H2,1-3H3. The van der Waals surface area contributed by atoms with Crippen LogP contribution >= 0.6 is 0 Å². The van der Waals surface area contributed by atoms with Crippen LogP contribution in [0.25, 0.3) is 0 Å². The topological polar surface area (TPSA) is 32.3 Å². The molecule has 2 rings (SSSR count). The van der Waals surface area contributed by atoms with E-state index < -0.39 is 0 Å². The number of carbonyl (C=O) groups is 1. The number of carbonyl (C=O) groups excluding carboxylic acids is 1. The lowest BCUT2D eigenvalue weighted by molar-refractivity contribution is 0.0653. The molecule has 0 aromatic heterocycles. The zero-order valence-electron chi connectivity index (χ0n) is 11.5. The summed E-state index contributed by atoms with van der Waals surface area (Å²) < 4.78 is 0. The zero-order valence-corrected chi connectivity index (χ0v) is 11.5. The summed E-state index contributed by atoms with van der Waals surface area (Å²) in [5.41, 5.74) is 1.71. The first-order chi connectivity index (χ1) is 8.56. The van der Waals surface area contributed by atoms with Gasteiger partial charge in [-0.25, -0.2) is 0 Å². The molecule has 0 unspecified atom stereocenters. The molecule has 1 fully saturated rings. The minimum Gasteiger partial charge on any atom is -0.385 e. The van der Waals surface area contributed by atoms with Crippen molar-refractivity contribution in [3.05, 3.63) is 29.8 Å². The van der Waals surface area contributed by atoms with Gasteiger partial charge in [0.15, 0.2) is 0 Å². The highest BCUT2D eigenvalue weighted by molar-refractivity contribution is 6.00. The van der Waals surface area contributed by atoms with Crippen molar-refractivity contribution in [2.45, 2.75) is 39.2 Å². The minimum atomic E-state index is -0.0175. The predicted molar refractivity (Wildman–Crippen MR) is 75.0 cm³/mol. The van der Waals surface area contributed by atoms with E-state index in [4.69, 9.17) is 0 Å². The van der Waals surface area contributed by atoms with E-state index in [0.717, 1.165) is 37.2 Å². The number of likely N-dealkylation sites (tertiary alicyclic amines) is 1. The normalized spacial score (nSPS) is 17.8. The lowest BCUT2D eigenvalue weighted by Crippen LogP contribution is -2.42. The van der Waals surface area contributed by atoms with Crippen LogP contribution in [0.3, 0.4) is 0 Å². The Kier molecular flexibility index (Phi) is 3.60. The van der Waals surface area contributed by atoms with E-state index in [1.807, 2.05) is 36.1 Å². The first-order valence-electron chi connectivity index (χ1n) is 6.71. The Labute approximate surface area is 109 Å². The summed E-state index contributed by atoms with van der Waals surface area (Å²) in [5, 5.41) is 3.26. The second-order valence-corrected chi connectivity index (χ2v) is 5.45. The second-order valence-electron chi connectivity index (χ2n) is 5.45. The van der Waals surface area contributed by atoms with Crippen LogP contribution in [-0.4, -0.2) is 29.4 Å². The molecule has 0 atom stereocenters. The highest BCUT2D eigenvalue weighted by Gasteiger charge is 2.36. The number of benzene rings is 1. The van der Waals surface area contributed by atoms with Crippen molar-refractivity contribution in [1.29, 1.82) is 0 Å². The molecule has 18 heavy (non-hydrogen) atoms. The van der Waals surface area contributed by atoms with Crippen molar-refractivity contribution < 1.29 is 4.79 Å². The average molecular weight is 246 g/mol. The summed E-state index contributed by atoms with van der Waals surface area (Å²) in [5.74, 6) is 0.147. The molecule has 3 heteroatoms. The summed E-state index contributed by atoms with van der Waals surface area (Å²) in [6.07, 6.45) is 2.18. The molecule has 0 bridgehead atoms. The maximum absolute atomic E-state index is 12.6.